The number of hydrogen-bond donors (Lipinski definition) is 1. The van der Waals surface area contributed by atoms with E-state index in [-0.39, 0.29) is 0 Å². The highest BCUT2D eigenvalue weighted by atomic mass is 14.6. The molecule has 0 rings (SSSR count). The van der Waals surface area contributed by atoms with Gasteiger partial charge in [-0.3, -0.25) is 0 Å². The van der Waals surface area contributed by atoms with Gasteiger partial charge in [0, 0.05) is 6.04 Å². The van der Waals surface area contributed by atoms with Gasteiger partial charge in [0.25, 0.3) is 0 Å². The first-order valence-corrected chi connectivity index (χ1v) is 6.37. The molecule has 14 heavy (non-hydrogen) atoms. The molecule has 86 valence electrons. The Morgan fingerprint density at radius 3 is 2.07 bits per heavy atom. The molecule has 0 amide bonds. The first kappa shape index (κ1) is 14.0. The molecule has 0 aromatic heterocycles. The van der Waals surface area contributed by atoms with Crippen molar-refractivity contribution in [1.29, 1.82) is 0 Å². The largest absolute Gasteiger partial charge is 0.327 e. The van der Waals surface area contributed by atoms with Crippen molar-refractivity contribution >= 4 is 0 Å². The maximum absolute atomic E-state index is 6.05. The SMILES string of the molecule is CCCCC(CC)CCC(N)C(C)C. The van der Waals surface area contributed by atoms with Crippen molar-refractivity contribution in [3.63, 3.8) is 0 Å². The van der Waals surface area contributed by atoms with Gasteiger partial charge in [-0.15, -0.1) is 0 Å². The van der Waals surface area contributed by atoms with E-state index in [0.29, 0.717) is 12.0 Å². The van der Waals surface area contributed by atoms with Crippen molar-refractivity contribution in [1.82, 2.24) is 0 Å². The molecule has 0 aromatic carbocycles. The number of unbranched alkanes of at least 4 members (excludes halogenated alkanes) is 1. The summed E-state index contributed by atoms with van der Waals surface area (Å²) in [4.78, 5) is 0. The molecule has 0 aliphatic rings. The third-order valence-electron chi connectivity index (χ3n) is 3.31. The molecule has 0 fully saturated rings. The zero-order valence-corrected chi connectivity index (χ0v) is 10.6. The quantitative estimate of drug-likeness (QED) is 0.629. The van der Waals surface area contributed by atoms with Crippen LogP contribution in [0.15, 0.2) is 0 Å². The Balaban J connectivity index is 3.60. The van der Waals surface area contributed by atoms with Gasteiger partial charge >= 0.3 is 0 Å². The first-order chi connectivity index (χ1) is 6.61. The Morgan fingerprint density at radius 2 is 1.64 bits per heavy atom. The summed E-state index contributed by atoms with van der Waals surface area (Å²) in [5.41, 5.74) is 6.05. The molecule has 0 radical (unpaired) electrons. The van der Waals surface area contributed by atoms with Crippen LogP contribution in [-0.4, -0.2) is 6.04 Å². The molecule has 2 atom stereocenters. The molecule has 0 saturated carbocycles. The van der Waals surface area contributed by atoms with Gasteiger partial charge in [-0.2, -0.15) is 0 Å². The molecule has 1 nitrogen and oxygen atoms in total. The molecule has 0 aliphatic heterocycles. The van der Waals surface area contributed by atoms with Crippen molar-refractivity contribution in [2.45, 2.75) is 72.3 Å². The molecule has 0 heterocycles. The van der Waals surface area contributed by atoms with E-state index >= 15 is 0 Å². The molecule has 1 heteroatoms. The highest BCUT2D eigenvalue weighted by Gasteiger charge is 2.11. The fraction of sp³-hybridized carbons (Fsp3) is 1.00. The summed E-state index contributed by atoms with van der Waals surface area (Å²) < 4.78 is 0. The molecule has 0 spiro atoms. The van der Waals surface area contributed by atoms with Crippen LogP contribution in [-0.2, 0) is 0 Å². The lowest BCUT2D eigenvalue weighted by molar-refractivity contribution is 0.362. The van der Waals surface area contributed by atoms with Crippen LogP contribution in [0.3, 0.4) is 0 Å². The van der Waals surface area contributed by atoms with Crippen molar-refractivity contribution in [2.75, 3.05) is 0 Å². The van der Waals surface area contributed by atoms with E-state index in [1.54, 1.807) is 0 Å². The van der Waals surface area contributed by atoms with E-state index in [9.17, 15) is 0 Å². The van der Waals surface area contributed by atoms with Crippen molar-refractivity contribution in [3.8, 4) is 0 Å². The van der Waals surface area contributed by atoms with Gasteiger partial charge in [0.15, 0.2) is 0 Å². The lowest BCUT2D eigenvalue weighted by atomic mass is 9.90. The van der Waals surface area contributed by atoms with Gasteiger partial charge < -0.3 is 5.73 Å². The van der Waals surface area contributed by atoms with Gasteiger partial charge in [-0.05, 0) is 24.7 Å². The summed E-state index contributed by atoms with van der Waals surface area (Å²) in [6.45, 7) is 9.02. The normalized spacial score (nSPS) is 15.9. The lowest BCUT2D eigenvalue weighted by Crippen LogP contribution is -2.26. The van der Waals surface area contributed by atoms with E-state index in [1.807, 2.05) is 0 Å². The van der Waals surface area contributed by atoms with Crippen LogP contribution in [0.4, 0.5) is 0 Å². The molecule has 0 bridgehead atoms. The second-order valence-corrected chi connectivity index (χ2v) is 4.90. The maximum atomic E-state index is 6.05. The van der Waals surface area contributed by atoms with E-state index in [4.69, 9.17) is 5.73 Å². The minimum Gasteiger partial charge on any atom is -0.327 e. The van der Waals surface area contributed by atoms with E-state index < -0.39 is 0 Å². The predicted octanol–water partition coefficient (Wildman–Crippen LogP) is 3.97. The molecular formula is C13H29N. The molecular weight excluding hydrogens is 170 g/mol. The predicted molar refractivity (Wildman–Crippen MR) is 65.4 cm³/mol. The zero-order chi connectivity index (χ0) is 11.0. The van der Waals surface area contributed by atoms with Crippen LogP contribution in [0.1, 0.15) is 66.2 Å². The smallest absolute Gasteiger partial charge is 0.00619 e. The number of nitrogens with two attached hydrogens (primary N) is 1. The van der Waals surface area contributed by atoms with E-state index in [0.717, 1.165) is 5.92 Å². The summed E-state index contributed by atoms with van der Waals surface area (Å²) in [5, 5.41) is 0. The van der Waals surface area contributed by atoms with Crippen LogP contribution < -0.4 is 5.73 Å². The Kier molecular flexibility index (Phi) is 8.26. The van der Waals surface area contributed by atoms with Gasteiger partial charge in [0.05, 0.1) is 0 Å². The zero-order valence-electron chi connectivity index (χ0n) is 10.6. The van der Waals surface area contributed by atoms with Gasteiger partial charge in [0.2, 0.25) is 0 Å². The van der Waals surface area contributed by atoms with Gasteiger partial charge in [-0.1, -0.05) is 53.4 Å². The van der Waals surface area contributed by atoms with Gasteiger partial charge in [-0.25, -0.2) is 0 Å². The van der Waals surface area contributed by atoms with Crippen molar-refractivity contribution < 1.29 is 0 Å². The van der Waals surface area contributed by atoms with Crippen molar-refractivity contribution in [3.05, 3.63) is 0 Å². The number of hydrogen-bond acceptors (Lipinski definition) is 1. The summed E-state index contributed by atoms with van der Waals surface area (Å²) in [6.07, 6.45) is 7.97. The summed E-state index contributed by atoms with van der Waals surface area (Å²) >= 11 is 0. The van der Waals surface area contributed by atoms with Crippen LogP contribution in [0, 0.1) is 11.8 Å². The fourth-order valence-corrected chi connectivity index (χ4v) is 1.81. The third kappa shape index (κ3) is 6.42. The Morgan fingerprint density at radius 1 is 1.00 bits per heavy atom. The summed E-state index contributed by atoms with van der Waals surface area (Å²) in [5.74, 6) is 1.55. The minimum atomic E-state index is 0.408. The van der Waals surface area contributed by atoms with Crippen LogP contribution in [0.2, 0.25) is 0 Å². The maximum Gasteiger partial charge on any atom is 0.00619 e. The van der Waals surface area contributed by atoms with Gasteiger partial charge in [0.1, 0.15) is 0 Å². The third-order valence-corrected chi connectivity index (χ3v) is 3.31. The average Bonchev–Trinajstić information content (AvgIpc) is 2.17. The van der Waals surface area contributed by atoms with E-state index in [1.165, 1.54) is 38.5 Å². The monoisotopic (exact) mass is 199 g/mol. The second-order valence-electron chi connectivity index (χ2n) is 4.90. The van der Waals surface area contributed by atoms with Crippen LogP contribution in [0.25, 0.3) is 0 Å². The topological polar surface area (TPSA) is 26.0 Å². The van der Waals surface area contributed by atoms with Crippen LogP contribution >= 0.6 is 0 Å². The molecule has 0 aromatic rings. The minimum absolute atomic E-state index is 0.408. The fourth-order valence-electron chi connectivity index (χ4n) is 1.81. The standard InChI is InChI=1S/C13H29N/c1-5-7-8-12(6-2)9-10-13(14)11(3)4/h11-13H,5-10,14H2,1-4H3. The highest BCUT2D eigenvalue weighted by molar-refractivity contribution is 4.68. The molecule has 2 N–H and O–H groups in total. The highest BCUT2D eigenvalue weighted by Crippen LogP contribution is 2.20. The average molecular weight is 199 g/mol. The number of rotatable bonds is 8. The molecule has 2 unspecified atom stereocenters. The summed E-state index contributed by atoms with van der Waals surface area (Å²) in [7, 11) is 0. The Labute approximate surface area is 90.5 Å². The molecule has 0 saturated heterocycles. The Hall–Kier alpha value is -0.0400. The lowest BCUT2D eigenvalue weighted by Gasteiger charge is -2.19. The van der Waals surface area contributed by atoms with E-state index in [2.05, 4.69) is 27.7 Å². The van der Waals surface area contributed by atoms with Crippen LogP contribution in [0.5, 0.6) is 0 Å². The Bertz CT molecular complexity index is 120. The van der Waals surface area contributed by atoms with Crippen molar-refractivity contribution in [2.24, 2.45) is 17.6 Å². The molecule has 0 aliphatic carbocycles. The first-order valence-electron chi connectivity index (χ1n) is 6.37. The second kappa shape index (κ2) is 8.28. The summed E-state index contributed by atoms with van der Waals surface area (Å²) in [6, 6.07) is 0.408.